The van der Waals surface area contributed by atoms with Gasteiger partial charge in [-0.25, -0.2) is 15.0 Å². The lowest BCUT2D eigenvalue weighted by Crippen LogP contribution is -2.17. The highest BCUT2D eigenvalue weighted by Crippen LogP contribution is 2.46. The van der Waals surface area contributed by atoms with Gasteiger partial charge in [0.15, 0.2) is 0 Å². The van der Waals surface area contributed by atoms with E-state index in [1.807, 2.05) is 6.92 Å². The second-order valence-electron chi connectivity index (χ2n) is 15.4. The van der Waals surface area contributed by atoms with Crippen LogP contribution < -0.4 is 10.6 Å². The number of rotatable bonds is 24. The van der Waals surface area contributed by atoms with Gasteiger partial charge >= 0.3 is 5.97 Å². The molecule has 5 heterocycles. The van der Waals surface area contributed by atoms with Gasteiger partial charge in [-0.1, -0.05) is 20.8 Å². The number of carbonyl (C=O) groups is 1. The third kappa shape index (κ3) is 10.8. The second kappa shape index (κ2) is 22.0. The Kier molecular flexibility index (Phi) is 16.6. The maximum Gasteiger partial charge on any atom is 0.305 e. The number of fused-ring (bicyclic) bond motifs is 5. The molecule has 0 amide bonds. The van der Waals surface area contributed by atoms with Crippen molar-refractivity contribution in [3.8, 4) is 0 Å². The summed E-state index contributed by atoms with van der Waals surface area (Å²) in [5, 5.41) is 27.4. The zero-order chi connectivity index (χ0) is 42.6. The summed E-state index contributed by atoms with van der Waals surface area (Å²) in [6.07, 6.45) is 8.30. The summed E-state index contributed by atoms with van der Waals surface area (Å²) in [7, 11) is 0. The van der Waals surface area contributed by atoms with Crippen molar-refractivity contribution in [1.82, 2.24) is 10.6 Å². The van der Waals surface area contributed by atoms with Gasteiger partial charge in [0.25, 0.3) is 0 Å². The van der Waals surface area contributed by atoms with Crippen LogP contribution in [0.1, 0.15) is 67.2 Å². The predicted octanol–water partition coefficient (Wildman–Crippen LogP) is 5.67. The molecule has 2 atom stereocenters. The summed E-state index contributed by atoms with van der Waals surface area (Å²) in [4.78, 5) is 28.6. The number of hydrogen-bond acceptors (Lipinski definition) is 14. The molecule has 0 aromatic heterocycles. The van der Waals surface area contributed by atoms with Crippen molar-refractivity contribution in [1.29, 1.82) is 0 Å². The summed E-state index contributed by atoms with van der Waals surface area (Å²) in [6.45, 7) is 18.5. The smallest absolute Gasteiger partial charge is 0.305 e. The van der Waals surface area contributed by atoms with Gasteiger partial charge in [-0.15, -0.1) is 0 Å². The zero-order valence-corrected chi connectivity index (χ0v) is 36.2. The van der Waals surface area contributed by atoms with Crippen LogP contribution in [-0.4, -0.2) is 126 Å². The van der Waals surface area contributed by atoms with Gasteiger partial charge in [-0.3, -0.25) is 4.79 Å². The zero-order valence-electron chi connectivity index (χ0n) is 36.2. The fraction of sp³-hybridized carbons (Fsp3) is 0.565. The molecule has 14 nitrogen and oxygen atoms in total. The summed E-state index contributed by atoms with van der Waals surface area (Å²) >= 11 is 0. The number of hydrogen-bond donors (Lipinski definition) is 4. The molecular formula is C46H63N5O9. The first-order valence-electron chi connectivity index (χ1n) is 21.5. The fourth-order valence-corrected chi connectivity index (χ4v) is 8.24. The van der Waals surface area contributed by atoms with Crippen molar-refractivity contribution >= 4 is 23.1 Å². The van der Waals surface area contributed by atoms with E-state index in [0.717, 1.165) is 92.0 Å². The number of allylic oxidation sites excluding steroid dienone is 11. The molecule has 4 N–H and O–H groups in total. The summed E-state index contributed by atoms with van der Waals surface area (Å²) in [5.74, 6) is 0.00867. The lowest BCUT2D eigenvalue weighted by Gasteiger charge is -2.17. The largest absolute Gasteiger partial charge is 0.511 e. The quantitative estimate of drug-likeness (QED) is 0.0698. The molecule has 0 radical (unpaired) electrons. The fourth-order valence-electron chi connectivity index (χ4n) is 8.24. The number of aliphatic hydroxyl groups is 2. The van der Waals surface area contributed by atoms with E-state index in [-0.39, 0.29) is 44.0 Å². The predicted molar refractivity (Wildman–Crippen MR) is 232 cm³/mol. The maximum absolute atomic E-state index is 13.1. The molecule has 326 valence electrons. The first kappa shape index (κ1) is 45.3. The van der Waals surface area contributed by atoms with Crippen molar-refractivity contribution < 1.29 is 43.4 Å². The van der Waals surface area contributed by atoms with Gasteiger partial charge in [-0.05, 0) is 86.3 Å². The topological polar surface area (TPSA) is 174 Å². The Morgan fingerprint density at radius 1 is 0.783 bits per heavy atom. The van der Waals surface area contributed by atoms with E-state index in [2.05, 4.69) is 63.5 Å². The van der Waals surface area contributed by atoms with E-state index in [0.29, 0.717) is 84.6 Å². The molecule has 1 fully saturated rings. The number of nitrogens with zero attached hydrogens (tertiary/aromatic N) is 3. The van der Waals surface area contributed by atoms with Crippen molar-refractivity contribution in [3.05, 3.63) is 91.5 Å². The average Bonchev–Trinajstić information content (AvgIpc) is 3.99. The van der Waals surface area contributed by atoms with Crippen LogP contribution in [0.3, 0.4) is 0 Å². The molecule has 0 aromatic rings. The Bertz CT molecular complexity index is 1990. The van der Waals surface area contributed by atoms with Gasteiger partial charge in [0.1, 0.15) is 12.4 Å². The molecule has 0 spiro atoms. The van der Waals surface area contributed by atoms with Crippen LogP contribution in [0.5, 0.6) is 0 Å². The maximum atomic E-state index is 13.1. The molecule has 0 aromatic carbocycles. The molecule has 6 aliphatic rings. The number of aliphatic hydroxyl groups excluding tert-OH is 2. The van der Waals surface area contributed by atoms with E-state index in [1.54, 1.807) is 0 Å². The van der Waals surface area contributed by atoms with E-state index in [4.69, 9.17) is 48.5 Å². The number of aliphatic imine (C=N–C) groups is 3. The first-order valence-corrected chi connectivity index (χ1v) is 21.5. The van der Waals surface area contributed by atoms with Crippen LogP contribution >= 0.6 is 0 Å². The highest BCUT2D eigenvalue weighted by atomic mass is 16.6. The van der Waals surface area contributed by atoms with Gasteiger partial charge in [0.2, 0.25) is 0 Å². The van der Waals surface area contributed by atoms with Crippen molar-refractivity contribution in [2.24, 2.45) is 26.8 Å². The van der Waals surface area contributed by atoms with Crippen LogP contribution in [-0.2, 0) is 33.2 Å². The second-order valence-corrected chi connectivity index (χ2v) is 15.4. The number of nitrogens with one attached hydrogen (secondary N) is 2. The average molecular weight is 830 g/mol. The number of esters is 1. The van der Waals surface area contributed by atoms with E-state index >= 15 is 0 Å². The lowest BCUT2D eigenvalue weighted by molar-refractivity contribution is -0.145. The van der Waals surface area contributed by atoms with Gasteiger partial charge < -0.3 is 49.3 Å². The third-order valence-electron chi connectivity index (χ3n) is 11.6. The Morgan fingerprint density at radius 2 is 1.37 bits per heavy atom. The Hall–Kier alpha value is -4.28. The van der Waals surface area contributed by atoms with Crippen molar-refractivity contribution in [2.75, 3.05) is 92.4 Å². The Balaban J connectivity index is 1.09. The van der Waals surface area contributed by atoms with Gasteiger partial charge in [0.05, 0.1) is 107 Å². The molecule has 5 aliphatic heterocycles. The van der Waals surface area contributed by atoms with E-state index < -0.39 is 0 Å². The summed E-state index contributed by atoms with van der Waals surface area (Å²) in [6, 6.07) is 0. The SMILES string of the molecule is CCNCC1=C(C)C2=NC1=CC1=NC(=CC3=C(C)C4=C(O)CC(=C5NC(=C2)[C@@H](C)[C@@H]5CCC(=O)OCCOCCOCCOCCOCCOCCO)C4=N3)C(CC)=C1C. The highest BCUT2D eigenvalue weighted by molar-refractivity contribution is 6.21. The summed E-state index contributed by atoms with van der Waals surface area (Å²) < 4.78 is 32.7. The monoisotopic (exact) mass is 829 g/mol. The molecule has 8 bridgehead atoms. The number of ether oxygens (including phenoxy) is 6. The van der Waals surface area contributed by atoms with Crippen LogP contribution in [0.4, 0.5) is 0 Å². The highest BCUT2D eigenvalue weighted by Gasteiger charge is 2.41. The molecule has 6 rings (SSSR count). The molecule has 1 aliphatic carbocycles. The van der Waals surface area contributed by atoms with Crippen molar-refractivity contribution in [2.45, 2.75) is 67.2 Å². The summed E-state index contributed by atoms with van der Waals surface area (Å²) in [5.41, 5.74) is 14.4. The number of carbonyl (C=O) groups excluding carboxylic acids is 1. The van der Waals surface area contributed by atoms with E-state index in [1.165, 1.54) is 5.57 Å². The normalized spacial score (nSPS) is 20.9. The van der Waals surface area contributed by atoms with Gasteiger partial charge in [-0.2, -0.15) is 0 Å². The standard InChI is InChI=1S/C46H63N5O9/c1-7-32-28(3)37-25-41-35(27-47-8-2)30(5)36(49-41)24-38-29(4)33(45(50-38)34-23-42(53)44-31(6)39(51-46(34)44)26-40(32)48-37)9-10-43(54)60-22-21-59-20-19-58-18-17-57-16-15-56-14-13-55-12-11-52/h24-26,29,33,47,50,52-53H,7-23,27H2,1-6H3/t29-,33-/m0/s1. The minimum Gasteiger partial charge on any atom is -0.511 e. The minimum absolute atomic E-state index is 0.00567. The third-order valence-corrected chi connectivity index (χ3v) is 11.6. The molecular weight excluding hydrogens is 767 g/mol. The molecule has 1 saturated heterocycles. The molecule has 0 saturated carbocycles. The first-order chi connectivity index (χ1) is 29.2. The molecule has 0 unspecified atom stereocenters. The van der Waals surface area contributed by atoms with Crippen LogP contribution in [0.25, 0.3) is 0 Å². The Labute approximate surface area is 354 Å². The number of likely N-dealkylation sites (N-methyl/N-ethyl adjacent to an activating group) is 1. The minimum atomic E-state index is -0.285. The Morgan fingerprint density at radius 3 is 1.98 bits per heavy atom. The molecule has 14 heteroatoms. The molecule has 60 heavy (non-hydrogen) atoms. The van der Waals surface area contributed by atoms with Gasteiger partial charge in [0, 0.05) is 53.8 Å². The van der Waals surface area contributed by atoms with Crippen LogP contribution in [0.15, 0.2) is 106 Å². The van der Waals surface area contributed by atoms with Crippen molar-refractivity contribution in [3.63, 3.8) is 0 Å². The van der Waals surface area contributed by atoms with E-state index in [9.17, 15) is 9.90 Å². The van der Waals surface area contributed by atoms with Crippen LogP contribution in [0.2, 0.25) is 0 Å². The lowest BCUT2D eigenvalue weighted by atomic mass is 9.86. The van der Waals surface area contributed by atoms with Crippen LogP contribution in [0, 0.1) is 11.8 Å².